The summed E-state index contributed by atoms with van der Waals surface area (Å²) in [6, 6.07) is 0. The van der Waals surface area contributed by atoms with Gasteiger partial charge in [-0.25, -0.2) is 0 Å². The molecule has 0 radical (unpaired) electrons. The Labute approximate surface area is 105 Å². The monoisotopic (exact) mass is 320 g/mol. The lowest BCUT2D eigenvalue weighted by Gasteiger charge is -2.32. The molecular weight excluding hydrogens is 303 g/mol. The van der Waals surface area contributed by atoms with Gasteiger partial charge in [-0.15, -0.1) is 0 Å². The van der Waals surface area contributed by atoms with E-state index in [1.54, 1.807) is 0 Å². The van der Waals surface area contributed by atoms with E-state index >= 15 is 0 Å². The fourth-order valence-corrected chi connectivity index (χ4v) is 4.48. The molecule has 1 saturated heterocycles. The molecule has 1 aliphatic carbocycles. The summed E-state index contributed by atoms with van der Waals surface area (Å²) in [6.07, 6.45) is 0. The topological polar surface area (TPSA) is 26.3 Å². The molecule has 2 aliphatic rings. The molecule has 0 bridgehead atoms. The molecule has 3 heteroatoms. The van der Waals surface area contributed by atoms with Gasteiger partial charge in [0.1, 0.15) is 6.61 Å². The van der Waals surface area contributed by atoms with E-state index in [0.29, 0.717) is 18.4 Å². The minimum absolute atomic E-state index is 0.0361. The van der Waals surface area contributed by atoms with Crippen molar-refractivity contribution in [1.29, 1.82) is 0 Å². The van der Waals surface area contributed by atoms with Gasteiger partial charge in [-0.1, -0.05) is 48.6 Å². The Kier molecular flexibility index (Phi) is 2.45. The SMILES string of the molecule is C=C1C(CI)[C@@H](C)[C@@]2(C)C(=O)OC[C@@]12C. The Morgan fingerprint density at radius 3 is 2.67 bits per heavy atom. The quantitative estimate of drug-likeness (QED) is 0.321. The summed E-state index contributed by atoms with van der Waals surface area (Å²) in [6.45, 7) is 11.1. The molecule has 15 heavy (non-hydrogen) atoms. The molecule has 2 nitrogen and oxygen atoms in total. The first-order valence-corrected chi connectivity index (χ1v) is 6.84. The van der Waals surface area contributed by atoms with Gasteiger partial charge in [0, 0.05) is 9.84 Å². The van der Waals surface area contributed by atoms with Crippen LogP contribution < -0.4 is 0 Å². The number of carbonyl (C=O) groups excluding carboxylic acids is 1. The Bertz CT molecular complexity index is 339. The van der Waals surface area contributed by atoms with Crippen LogP contribution >= 0.6 is 22.6 Å². The number of esters is 1. The van der Waals surface area contributed by atoms with E-state index in [1.165, 1.54) is 5.57 Å². The van der Waals surface area contributed by atoms with Crippen LogP contribution in [-0.4, -0.2) is 17.0 Å². The third kappa shape index (κ3) is 1.08. The third-order valence-corrected chi connectivity index (χ3v) is 5.85. The van der Waals surface area contributed by atoms with Gasteiger partial charge in [0.05, 0.1) is 5.41 Å². The van der Waals surface area contributed by atoms with Crippen LogP contribution in [0.3, 0.4) is 0 Å². The highest BCUT2D eigenvalue weighted by Gasteiger charge is 2.67. The summed E-state index contributed by atoms with van der Waals surface area (Å²) >= 11 is 2.39. The minimum Gasteiger partial charge on any atom is -0.464 e. The maximum Gasteiger partial charge on any atom is 0.313 e. The van der Waals surface area contributed by atoms with Gasteiger partial charge in [0.2, 0.25) is 0 Å². The maximum absolute atomic E-state index is 11.9. The van der Waals surface area contributed by atoms with Crippen LogP contribution in [0.1, 0.15) is 20.8 Å². The summed E-state index contributed by atoms with van der Waals surface area (Å²) in [5.74, 6) is 0.751. The van der Waals surface area contributed by atoms with Crippen LogP contribution in [-0.2, 0) is 9.53 Å². The van der Waals surface area contributed by atoms with Crippen molar-refractivity contribution < 1.29 is 9.53 Å². The summed E-state index contributed by atoms with van der Waals surface area (Å²) in [5.41, 5.74) is 0.692. The molecule has 0 amide bonds. The summed E-state index contributed by atoms with van der Waals surface area (Å²) in [4.78, 5) is 11.9. The third-order valence-electron chi connectivity index (χ3n) is 4.90. The first-order chi connectivity index (χ1) is 6.89. The summed E-state index contributed by atoms with van der Waals surface area (Å²) in [5, 5.41) is 0. The first kappa shape index (κ1) is 11.4. The molecule has 0 aromatic rings. The smallest absolute Gasteiger partial charge is 0.313 e. The Morgan fingerprint density at radius 2 is 2.20 bits per heavy atom. The zero-order valence-electron chi connectivity index (χ0n) is 9.47. The lowest BCUT2D eigenvalue weighted by molar-refractivity contribution is -0.148. The highest BCUT2D eigenvalue weighted by molar-refractivity contribution is 14.1. The Morgan fingerprint density at radius 1 is 1.60 bits per heavy atom. The van der Waals surface area contributed by atoms with Gasteiger partial charge in [-0.2, -0.15) is 0 Å². The number of hydrogen-bond donors (Lipinski definition) is 0. The second-order valence-electron chi connectivity index (χ2n) is 5.19. The number of fused-ring (bicyclic) bond motifs is 1. The average molecular weight is 320 g/mol. The van der Waals surface area contributed by atoms with Crippen LogP contribution in [0, 0.1) is 22.7 Å². The predicted octanol–water partition coefficient (Wildman–Crippen LogP) is 2.81. The highest BCUT2D eigenvalue weighted by atomic mass is 127. The molecular formula is C12H17IO2. The van der Waals surface area contributed by atoms with Crippen LogP contribution in [0.4, 0.5) is 0 Å². The molecule has 2 rings (SSSR count). The lowest BCUT2D eigenvalue weighted by Crippen LogP contribution is -2.38. The molecule has 1 saturated carbocycles. The van der Waals surface area contributed by atoms with E-state index in [4.69, 9.17) is 4.74 Å². The largest absolute Gasteiger partial charge is 0.464 e. The number of cyclic esters (lactones) is 1. The summed E-state index contributed by atoms with van der Waals surface area (Å²) in [7, 11) is 0. The Balaban J connectivity index is 2.53. The highest BCUT2D eigenvalue weighted by Crippen LogP contribution is 2.64. The van der Waals surface area contributed by atoms with E-state index in [0.717, 1.165) is 4.43 Å². The Hall–Kier alpha value is -0.0600. The molecule has 0 spiro atoms. The number of ether oxygens (including phenoxy) is 1. The number of hydrogen-bond acceptors (Lipinski definition) is 2. The molecule has 1 aliphatic heterocycles. The van der Waals surface area contributed by atoms with E-state index in [1.807, 2.05) is 6.92 Å². The van der Waals surface area contributed by atoms with Crippen molar-refractivity contribution in [2.75, 3.05) is 11.0 Å². The van der Waals surface area contributed by atoms with Gasteiger partial charge >= 0.3 is 5.97 Å². The normalized spacial score (nSPS) is 49.3. The molecule has 1 unspecified atom stereocenters. The molecule has 4 atom stereocenters. The fourth-order valence-electron chi connectivity index (χ4n) is 3.19. The second kappa shape index (κ2) is 3.22. The van der Waals surface area contributed by atoms with E-state index in [9.17, 15) is 4.79 Å². The van der Waals surface area contributed by atoms with Gasteiger partial charge in [0.15, 0.2) is 0 Å². The van der Waals surface area contributed by atoms with Crippen LogP contribution in [0.5, 0.6) is 0 Å². The average Bonchev–Trinajstić information content (AvgIpc) is 2.52. The standard InChI is InChI=1S/C12H17IO2/c1-7-9(5-13)8(2)12(4)10(14)15-6-11(7,12)3/h8-9H,1,5-6H2,2-4H3/t8-,9?,11+,12+/m1/s1. The minimum atomic E-state index is -0.361. The van der Waals surface area contributed by atoms with Crippen molar-refractivity contribution in [3.63, 3.8) is 0 Å². The molecule has 1 heterocycles. The van der Waals surface area contributed by atoms with E-state index < -0.39 is 0 Å². The summed E-state index contributed by atoms with van der Waals surface area (Å²) < 4.78 is 6.30. The van der Waals surface area contributed by atoms with Crippen LogP contribution in [0.25, 0.3) is 0 Å². The first-order valence-electron chi connectivity index (χ1n) is 5.32. The fraction of sp³-hybridized carbons (Fsp3) is 0.750. The van der Waals surface area contributed by atoms with E-state index in [-0.39, 0.29) is 16.8 Å². The van der Waals surface area contributed by atoms with Crippen molar-refractivity contribution in [2.45, 2.75) is 20.8 Å². The molecule has 0 aromatic heterocycles. The maximum atomic E-state index is 11.9. The molecule has 84 valence electrons. The van der Waals surface area contributed by atoms with Crippen LogP contribution in [0.2, 0.25) is 0 Å². The number of alkyl halides is 1. The van der Waals surface area contributed by atoms with Gasteiger partial charge in [-0.3, -0.25) is 4.79 Å². The van der Waals surface area contributed by atoms with E-state index in [2.05, 4.69) is 43.0 Å². The molecule has 0 N–H and O–H groups in total. The molecule has 2 fully saturated rings. The van der Waals surface area contributed by atoms with Gasteiger partial charge in [0.25, 0.3) is 0 Å². The predicted molar refractivity (Wildman–Crippen MR) is 67.9 cm³/mol. The number of halogens is 1. The number of carbonyl (C=O) groups is 1. The zero-order chi connectivity index (χ0) is 11.4. The second-order valence-corrected chi connectivity index (χ2v) is 6.07. The van der Waals surface area contributed by atoms with Gasteiger partial charge < -0.3 is 4.74 Å². The molecule has 0 aromatic carbocycles. The van der Waals surface area contributed by atoms with Crippen molar-refractivity contribution >= 4 is 28.6 Å². The van der Waals surface area contributed by atoms with Crippen LogP contribution in [0.15, 0.2) is 12.2 Å². The van der Waals surface area contributed by atoms with Crippen molar-refractivity contribution in [3.8, 4) is 0 Å². The zero-order valence-corrected chi connectivity index (χ0v) is 11.6. The van der Waals surface area contributed by atoms with Crippen molar-refractivity contribution in [1.82, 2.24) is 0 Å². The van der Waals surface area contributed by atoms with Crippen molar-refractivity contribution in [3.05, 3.63) is 12.2 Å². The number of rotatable bonds is 1. The van der Waals surface area contributed by atoms with Crippen molar-refractivity contribution in [2.24, 2.45) is 22.7 Å². The van der Waals surface area contributed by atoms with Gasteiger partial charge in [-0.05, 0) is 18.8 Å². The lowest BCUT2D eigenvalue weighted by atomic mass is 9.66.